The quantitative estimate of drug-likeness (QED) is 0.898. The minimum atomic E-state index is -0.182. The van der Waals surface area contributed by atoms with Gasteiger partial charge in [0.25, 0.3) is 0 Å². The smallest absolute Gasteiger partial charge is 0.123 e. The van der Waals surface area contributed by atoms with Gasteiger partial charge in [0.15, 0.2) is 0 Å². The van der Waals surface area contributed by atoms with Crippen molar-refractivity contribution in [3.8, 4) is 0 Å². The topological polar surface area (TPSA) is 41.7 Å². The molecule has 110 valence electrons. The van der Waals surface area contributed by atoms with E-state index in [0.717, 1.165) is 51.4 Å². The van der Waals surface area contributed by atoms with E-state index in [-0.39, 0.29) is 11.4 Å². The van der Waals surface area contributed by atoms with Crippen LogP contribution in [0.2, 0.25) is 0 Å². The molecule has 20 heavy (non-hydrogen) atoms. The van der Waals surface area contributed by atoms with Crippen LogP contribution in [0.25, 0.3) is 0 Å². The van der Waals surface area contributed by atoms with E-state index in [9.17, 15) is 4.39 Å². The lowest BCUT2D eigenvalue weighted by molar-refractivity contribution is 0.149. The Hall–Kier alpha value is -1.17. The molecule has 2 heterocycles. The van der Waals surface area contributed by atoms with E-state index in [1.165, 1.54) is 12.1 Å². The summed E-state index contributed by atoms with van der Waals surface area (Å²) in [6, 6.07) is 6.74. The normalized spacial score (nSPS) is 28.0. The Morgan fingerprint density at radius 3 is 2.45 bits per heavy atom. The van der Waals surface area contributed by atoms with Crippen LogP contribution in [-0.2, 0) is 4.74 Å². The third-order valence-corrected chi connectivity index (χ3v) is 4.24. The molecule has 0 aromatic heterocycles. The third kappa shape index (κ3) is 3.11. The molecule has 0 aliphatic carbocycles. The summed E-state index contributed by atoms with van der Waals surface area (Å²) in [7, 11) is 0. The van der Waals surface area contributed by atoms with E-state index in [0.29, 0.717) is 6.61 Å². The molecule has 2 aliphatic heterocycles. The molecule has 1 aromatic carbocycles. The summed E-state index contributed by atoms with van der Waals surface area (Å²) in [5.74, 6) is -0.182. The molecule has 1 unspecified atom stereocenters. The van der Waals surface area contributed by atoms with Crippen molar-refractivity contribution in [1.29, 1.82) is 0 Å². The number of ether oxygens (including phenoxy) is 1. The Morgan fingerprint density at radius 2 is 1.85 bits per heavy atom. The van der Waals surface area contributed by atoms with Gasteiger partial charge in [0, 0.05) is 45.0 Å². The first-order valence-corrected chi connectivity index (χ1v) is 7.24. The number of benzene rings is 1. The highest BCUT2D eigenvalue weighted by atomic mass is 19.1. The SMILES string of the molecule is NC1(CN2CCN(c3ccc(F)cc3)CC2)CCOC1. The average molecular weight is 279 g/mol. The van der Waals surface area contributed by atoms with Gasteiger partial charge in [-0.15, -0.1) is 0 Å². The summed E-state index contributed by atoms with van der Waals surface area (Å²) in [6.07, 6.45) is 0.950. The van der Waals surface area contributed by atoms with Gasteiger partial charge in [0.2, 0.25) is 0 Å². The van der Waals surface area contributed by atoms with Crippen LogP contribution in [0.3, 0.4) is 0 Å². The van der Waals surface area contributed by atoms with Crippen molar-refractivity contribution in [2.75, 3.05) is 50.8 Å². The highest BCUT2D eigenvalue weighted by Gasteiger charge is 2.33. The summed E-state index contributed by atoms with van der Waals surface area (Å²) >= 11 is 0. The van der Waals surface area contributed by atoms with Crippen LogP contribution in [0.1, 0.15) is 6.42 Å². The van der Waals surface area contributed by atoms with Gasteiger partial charge in [-0.3, -0.25) is 4.90 Å². The molecule has 2 fully saturated rings. The fourth-order valence-corrected chi connectivity index (χ4v) is 3.01. The van der Waals surface area contributed by atoms with Gasteiger partial charge >= 0.3 is 0 Å². The number of rotatable bonds is 3. The second-order valence-electron chi connectivity index (χ2n) is 5.90. The fourth-order valence-electron chi connectivity index (χ4n) is 3.01. The van der Waals surface area contributed by atoms with Crippen LogP contribution < -0.4 is 10.6 Å². The highest BCUT2D eigenvalue weighted by molar-refractivity contribution is 5.46. The van der Waals surface area contributed by atoms with E-state index in [4.69, 9.17) is 10.5 Å². The van der Waals surface area contributed by atoms with E-state index in [1.807, 2.05) is 12.1 Å². The van der Waals surface area contributed by atoms with E-state index in [2.05, 4.69) is 9.80 Å². The zero-order valence-corrected chi connectivity index (χ0v) is 11.7. The Bertz CT molecular complexity index is 437. The zero-order valence-electron chi connectivity index (χ0n) is 11.7. The molecule has 1 atom stereocenters. The van der Waals surface area contributed by atoms with Gasteiger partial charge in [0.1, 0.15) is 5.82 Å². The lowest BCUT2D eigenvalue weighted by Gasteiger charge is -2.39. The van der Waals surface area contributed by atoms with Gasteiger partial charge in [-0.05, 0) is 30.7 Å². The Balaban J connectivity index is 1.53. The Labute approximate surface area is 119 Å². The molecule has 3 rings (SSSR count). The summed E-state index contributed by atoms with van der Waals surface area (Å²) in [4.78, 5) is 4.71. The molecular weight excluding hydrogens is 257 g/mol. The van der Waals surface area contributed by atoms with Gasteiger partial charge in [-0.25, -0.2) is 4.39 Å². The number of hydrogen-bond acceptors (Lipinski definition) is 4. The minimum Gasteiger partial charge on any atom is -0.379 e. The van der Waals surface area contributed by atoms with Crippen LogP contribution in [0.15, 0.2) is 24.3 Å². The van der Waals surface area contributed by atoms with Crippen molar-refractivity contribution in [3.05, 3.63) is 30.1 Å². The molecular formula is C15H22FN3O. The fraction of sp³-hybridized carbons (Fsp3) is 0.600. The molecule has 0 amide bonds. The molecule has 2 N–H and O–H groups in total. The molecule has 2 saturated heterocycles. The molecule has 5 heteroatoms. The number of nitrogens with zero attached hydrogens (tertiary/aromatic N) is 2. The largest absolute Gasteiger partial charge is 0.379 e. The van der Waals surface area contributed by atoms with Gasteiger partial charge in [0.05, 0.1) is 12.1 Å². The van der Waals surface area contributed by atoms with E-state index < -0.39 is 0 Å². The second-order valence-corrected chi connectivity index (χ2v) is 5.90. The number of anilines is 1. The molecule has 0 spiro atoms. The van der Waals surface area contributed by atoms with Crippen LogP contribution in [0, 0.1) is 5.82 Å². The van der Waals surface area contributed by atoms with Crippen molar-refractivity contribution in [2.45, 2.75) is 12.0 Å². The first-order valence-electron chi connectivity index (χ1n) is 7.24. The molecule has 0 saturated carbocycles. The van der Waals surface area contributed by atoms with Crippen LogP contribution in [0.5, 0.6) is 0 Å². The lowest BCUT2D eigenvalue weighted by Crippen LogP contribution is -2.55. The van der Waals surface area contributed by atoms with Crippen LogP contribution in [0.4, 0.5) is 10.1 Å². The van der Waals surface area contributed by atoms with Crippen molar-refractivity contribution in [2.24, 2.45) is 5.73 Å². The molecule has 2 aliphatic rings. The van der Waals surface area contributed by atoms with Gasteiger partial charge in [-0.2, -0.15) is 0 Å². The maximum absolute atomic E-state index is 12.9. The van der Waals surface area contributed by atoms with Crippen LogP contribution in [-0.4, -0.2) is 56.4 Å². The maximum Gasteiger partial charge on any atom is 0.123 e. The first kappa shape index (κ1) is 13.8. The standard InChI is InChI=1S/C15H22FN3O/c16-13-1-3-14(4-2-13)19-8-6-18(7-9-19)11-15(17)5-10-20-12-15/h1-4H,5-12,17H2. The molecule has 4 nitrogen and oxygen atoms in total. The lowest BCUT2D eigenvalue weighted by atomic mass is 9.99. The summed E-state index contributed by atoms with van der Waals surface area (Å²) < 4.78 is 18.3. The summed E-state index contributed by atoms with van der Waals surface area (Å²) in [6.45, 7) is 6.28. The van der Waals surface area contributed by atoms with E-state index >= 15 is 0 Å². The molecule has 1 aromatic rings. The molecule has 0 radical (unpaired) electrons. The number of nitrogens with two attached hydrogens (primary N) is 1. The predicted octanol–water partition coefficient (Wildman–Crippen LogP) is 1.07. The number of hydrogen-bond donors (Lipinski definition) is 1. The second kappa shape index (κ2) is 5.68. The monoisotopic (exact) mass is 279 g/mol. The Morgan fingerprint density at radius 1 is 1.15 bits per heavy atom. The third-order valence-electron chi connectivity index (χ3n) is 4.24. The number of piperazine rings is 1. The first-order chi connectivity index (χ1) is 9.65. The van der Waals surface area contributed by atoms with Gasteiger partial charge in [-0.1, -0.05) is 0 Å². The van der Waals surface area contributed by atoms with Crippen molar-refractivity contribution in [3.63, 3.8) is 0 Å². The van der Waals surface area contributed by atoms with Crippen molar-refractivity contribution in [1.82, 2.24) is 4.90 Å². The van der Waals surface area contributed by atoms with Crippen molar-refractivity contribution < 1.29 is 9.13 Å². The Kier molecular flexibility index (Phi) is 3.92. The van der Waals surface area contributed by atoms with E-state index in [1.54, 1.807) is 0 Å². The molecule has 0 bridgehead atoms. The number of halogens is 1. The van der Waals surface area contributed by atoms with Crippen LogP contribution >= 0.6 is 0 Å². The highest BCUT2D eigenvalue weighted by Crippen LogP contribution is 2.20. The average Bonchev–Trinajstić information content (AvgIpc) is 2.87. The minimum absolute atomic E-state index is 0.169. The summed E-state index contributed by atoms with van der Waals surface area (Å²) in [5, 5.41) is 0. The summed E-state index contributed by atoms with van der Waals surface area (Å²) in [5.41, 5.74) is 7.26. The van der Waals surface area contributed by atoms with Gasteiger partial charge < -0.3 is 15.4 Å². The predicted molar refractivity (Wildman–Crippen MR) is 77.4 cm³/mol. The van der Waals surface area contributed by atoms with Crippen molar-refractivity contribution >= 4 is 5.69 Å². The maximum atomic E-state index is 12.9. The zero-order chi connectivity index (χ0) is 14.0.